The lowest BCUT2D eigenvalue weighted by Gasteiger charge is -2.24. The average molecular weight is 621 g/mol. The Bertz CT molecular complexity index is 2950. The summed E-state index contributed by atoms with van der Waals surface area (Å²) in [5, 5.41) is 15.8. The van der Waals surface area contributed by atoms with E-state index in [9.17, 15) is 0 Å². The lowest BCUT2D eigenvalue weighted by Crippen LogP contribution is -2.14. The molecule has 1 aliphatic rings. The Morgan fingerprint density at radius 1 is 0.327 bits per heavy atom. The maximum atomic E-state index is 2.53. The van der Waals surface area contributed by atoms with Gasteiger partial charge in [0.05, 0.1) is 0 Å². The topological polar surface area (TPSA) is 0 Å². The predicted octanol–water partition coefficient (Wildman–Crippen LogP) is 13.7. The maximum absolute atomic E-state index is 2.53. The van der Waals surface area contributed by atoms with Crippen LogP contribution in [-0.2, 0) is 5.41 Å². The minimum atomic E-state index is -0.0887. The van der Waals surface area contributed by atoms with Crippen LogP contribution >= 0.6 is 0 Å². The molecule has 0 aromatic heterocycles. The molecule has 0 saturated carbocycles. The standard InChI is InChI=1S/C49H32/c1-49(2)43-24-9-8-17-31(43)40-27-41-42(28-44(40)49)46(29-13-4-3-5-14-29)32-18-6-7-19-35(32)48(41)39-26-25-38-34-21-11-16-30-15-10-20-33(45(30)34)36-22-12-23-37(39)47(36)38/h3-28H,1-2H3. The van der Waals surface area contributed by atoms with Crippen molar-refractivity contribution in [1.29, 1.82) is 0 Å². The van der Waals surface area contributed by atoms with E-state index in [0.29, 0.717) is 0 Å². The van der Waals surface area contributed by atoms with Gasteiger partial charge in [-0.3, -0.25) is 0 Å². The molecule has 0 saturated heterocycles. The van der Waals surface area contributed by atoms with Gasteiger partial charge >= 0.3 is 0 Å². The summed E-state index contributed by atoms with van der Waals surface area (Å²) in [6, 6.07) is 59.4. The summed E-state index contributed by atoms with van der Waals surface area (Å²) in [5.41, 5.74) is 10.6. The van der Waals surface area contributed by atoms with E-state index in [1.165, 1.54) is 109 Å². The lowest BCUT2D eigenvalue weighted by atomic mass is 9.79. The van der Waals surface area contributed by atoms with Crippen molar-refractivity contribution in [1.82, 2.24) is 0 Å². The number of fused-ring (bicyclic) bond motifs is 7. The van der Waals surface area contributed by atoms with Gasteiger partial charge in [0.15, 0.2) is 0 Å². The van der Waals surface area contributed by atoms with Gasteiger partial charge in [-0.25, -0.2) is 0 Å². The molecule has 0 N–H and O–H groups in total. The van der Waals surface area contributed by atoms with Gasteiger partial charge in [-0.05, 0) is 121 Å². The van der Waals surface area contributed by atoms with Crippen LogP contribution in [-0.4, -0.2) is 0 Å². The van der Waals surface area contributed by atoms with Crippen LogP contribution in [0.1, 0.15) is 25.0 Å². The molecule has 1 aliphatic carbocycles. The van der Waals surface area contributed by atoms with Crippen molar-refractivity contribution in [2.45, 2.75) is 19.3 Å². The summed E-state index contributed by atoms with van der Waals surface area (Å²) in [6.45, 7) is 4.77. The average Bonchev–Trinajstić information content (AvgIpc) is 3.37. The Balaban J connectivity index is 1.35. The highest BCUT2D eigenvalue weighted by Gasteiger charge is 2.36. The molecule has 49 heavy (non-hydrogen) atoms. The highest BCUT2D eigenvalue weighted by Crippen LogP contribution is 2.54. The quantitative estimate of drug-likeness (QED) is 0.133. The molecule has 10 aromatic rings. The van der Waals surface area contributed by atoms with Crippen LogP contribution in [0.3, 0.4) is 0 Å². The molecular weight excluding hydrogens is 589 g/mol. The van der Waals surface area contributed by atoms with E-state index >= 15 is 0 Å². The summed E-state index contributed by atoms with van der Waals surface area (Å²) in [4.78, 5) is 0. The first-order valence-electron chi connectivity index (χ1n) is 17.4. The zero-order valence-corrected chi connectivity index (χ0v) is 27.5. The fourth-order valence-corrected chi connectivity index (χ4v) is 9.44. The second kappa shape index (κ2) is 9.56. The summed E-state index contributed by atoms with van der Waals surface area (Å²) in [5.74, 6) is 0. The molecule has 0 heteroatoms. The fourth-order valence-electron chi connectivity index (χ4n) is 9.44. The lowest BCUT2D eigenvalue weighted by molar-refractivity contribution is 0.661. The Morgan fingerprint density at radius 2 is 0.898 bits per heavy atom. The van der Waals surface area contributed by atoms with Crippen LogP contribution in [0.15, 0.2) is 158 Å². The van der Waals surface area contributed by atoms with Gasteiger partial charge in [0.2, 0.25) is 0 Å². The van der Waals surface area contributed by atoms with Gasteiger partial charge in [0.1, 0.15) is 0 Å². The van der Waals surface area contributed by atoms with Crippen molar-refractivity contribution in [3.05, 3.63) is 169 Å². The predicted molar refractivity (Wildman–Crippen MR) is 211 cm³/mol. The Hall–Kier alpha value is -5.98. The molecule has 0 unspecified atom stereocenters. The van der Waals surface area contributed by atoms with E-state index in [-0.39, 0.29) is 5.41 Å². The third kappa shape index (κ3) is 3.48. The largest absolute Gasteiger partial charge is 0.0622 e. The van der Waals surface area contributed by atoms with E-state index in [4.69, 9.17) is 0 Å². The number of hydrogen-bond donors (Lipinski definition) is 0. The van der Waals surface area contributed by atoms with Crippen LogP contribution in [0.5, 0.6) is 0 Å². The first-order valence-corrected chi connectivity index (χ1v) is 17.4. The fraction of sp³-hybridized carbons (Fsp3) is 0.0612. The summed E-state index contributed by atoms with van der Waals surface area (Å²) < 4.78 is 0. The molecule has 0 atom stereocenters. The normalized spacial score (nSPS) is 13.7. The zero-order valence-electron chi connectivity index (χ0n) is 27.5. The number of benzene rings is 10. The molecular formula is C49H32. The molecule has 11 rings (SSSR count). The summed E-state index contributed by atoms with van der Waals surface area (Å²) in [7, 11) is 0. The minimum Gasteiger partial charge on any atom is -0.0622 e. The Kier molecular flexibility index (Phi) is 5.27. The van der Waals surface area contributed by atoms with E-state index in [2.05, 4.69) is 172 Å². The van der Waals surface area contributed by atoms with Crippen LogP contribution < -0.4 is 0 Å². The first-order chi connectivity index (χ1) is 24.1. The molecule has 0 fully saturated rings. The van der Waals surface area contributed by atoms with Crippen molar-refractivity contribution in [2.24, 2.45) is 0 Å². The van der Waals surface area contributed by atoms with Crippen molar-refractivity contribution in [3.8, 4) is 33.4 Å². The first kappa shape index (κ1) is 27.0. The van der Waals surface area contributed by atoms with Gasteiger partial charge in [0, 0.05) is 5.41 Å². The van der Waals surface area contributed by atoms with Gasteiger partial charge < -0.3 is 0 Å². The molecule has 0 nitrogen and oxygen atoms in total. The van der Waals surface area contributed by atoms with E-state index in [1.807, 2.05) is 0 Å². The Morgan fingerprint density at radius 3 is 1.67 bits per heavy atom. The second-order valence-electron chi connectivity index (χ2n) is 14.4. The molecule has 0 heterocycles. The van der Waals surface area contributed by atoms with Gasteiger partial charge in [-0.2, -0.15) is 0 Å². The highest BCUT2D eigenvalue weighted by molar-refractivity contribution is 6.35. The van der Waals surface area contributed by atoms with Crippen LogP contribution in [0, 0.1) is 0 Å². The highest BCUT2D eigenvalue weighted by atomic mass is 14.4. The monoisotopic (exact) mass is 620 g/mol. The van der Waals surface area contributed by atoms with Gasteiger partial charge in [-0.1, -0.05) is 159 Å². The minimum absolute atomic E-state index is 0.0887. The van der Waals surface area contributed by atoms with Gasteiger partial charge in [0.25, 0.3) is 0 Å². The molecule has 10 aromatic carbocycles. The van der Waals surface area contributed by atoms with E-state index in [1.54, 1.807) is 0 Å². The SMILES string of the molecule is CC1(C)c2ccccc2-c2cc3c(-c4ccc5c6cccc7cccc(c8cccc4c85)c76)c4ccccc4c(-c4ccccc4)c3cc21. The van der Waals surface area contributed by atoms with Crippen molar-refractivity contribution < 1.29 is 0 Å². The molecule has 0 aliphatic heterocycles. The Labute approximate surface area is 285 Å². The smallest absolute Gasteiger partial charge is 0.0159 e. The molecule has 228 valence electrons. The van der Waals surface area contributed by atoms with Crippen molar-refractivity contribution in [3.63, 3.8) is 0 Å². The summed E-state index contributed by atoms with van der Waals surface area (Å²) >= 11 is 0. The van der Waals surface area contributed by atoms with E-state index in [0.717, 1.165) is 0 Å². The van der Waals surface area contributed by atoms with Crippen molar-refractivity contribution >= 4 is 64.6 Å². The molecule has 0 radical (unpaired) electrons. The third-order valence-electron chi connectivity index (χ3n) is 11.6. The van der Waals surface area contributed by atoms with Crippen molar-refractivity contribution in [2.75, 3.05) is 0 Å². The summed E-state index contributed by atoms with van der Waals surface area (Å²) in [6.07, 6.45) is 0. The molecule has 0 amide bonds. The van der Waals surface area contributed by atoms with Gasteiger partial charge in [-0.15, -0.1) is 0 Å². The third-order valence-corrected chi connectivity index (χ3v) is 11.6. The number of rotatable bonds is 2. The molecule has 0 spiro atoms. The van der Waals surface area contributed by atoms with Crippen LogP contribution in [0.2, 0.25) is 0 Å². The van der Waals surface area contributed by atoms with E-state index < -0.39 is 0 Å². The maximum Gasteiger partial charge on any atom is 0.0159 e. The zero-order chi connectivity index (χ0) is 32.4. The second-order valence-corrected chi connectivity index (χ2v) is 14.4. The van der Waals surface area contributed by atoms with Crippen LogP contribution in [0.4, 0.5) is 0 Å². The van der Waals surface area contributed by atoms with Crippen LogP contribution in [0.25, 0.3) is 98.0 Å². The molecule has 0 bridgehead atoms. The number of hydrogen-bond acceptors (Lipinski definition) is 0.